The number of ether oxygens (including phenoxy) is 3. The number of carbonyl (C=O) groups is 1. The number of rotatable bonds is 5. The molecular weight excluding hydrogens is 306 g/mol. The normalized spacial score (nSPS) is 15.2. The molecule has 1 heterocycles. The lowest BCUT2D eigenvalue weighted by Gasteiger charge is -2.07. The highest BCUT2D eigenvalue weighted by atomic mass is 16.6. The first-order chi connectivity index (χ1) is 11.7. The van der Waals surface area contributed by atoms with Gasteiger partial charge in [0, 0.05) is 6.42 Å². The van der Waals surface area contributed by atoms with Crippen LogP contribution < -0.4 is 9.47 Å². The molecule has 3 rings (SSSR count). The van der Waals surface area contributed by atoms with Crippen molar-refractivity contribution < 1.29 is 19.0 Å². The lowest BCUT2D eigenvalue weighted by atomic mass is 10.1. The molecule has 0 saturated carbocycles. The van der Waals surface area contributed by atoms with Gasteiger partial charge in [0.25, 0.3) is 0 Å². The van der Waals surface area contributed by atoms with Crippen LogP contribution in [0.2, 0.25) is 0 Å². The second-order valence-corrected chi connectivity index (χ2v) is 5.20. The van der Waals surface area contributed by atoms with Crippen molar-refractivity contribution in [3.8, 4) is 11.5 Å². The first-order valence-corrected chi connectivity index (χ1v) is 7.47. The van der Waals surface area contributed by atoms with Gasteiger partial charge in [0.2, 0.25) is 5.90 Å². The van der Waals surface area contributed by atoms with Gasteiger partial charge in [-0.1, -0.05) is 36.4 Å². The number of nitrogens with zero attached hydrogens (tertiary/aromatic N) is 1. The maximum atomic E-state index is 12.0. The molecule has 0 aliphatic carbocycles. The van der Waals surface area contributed by atoms with Gasteiger partial charge >= 0.3 is 5.97 Å². The first-order valence-electron chi connectivity index (χ1n) is 7.47. The second-order valence-electron chi connectivity index (χ2n) is 5.20. The molecule has 0 N–H and O–H groups in total. The summed E-state index contributed by atoms with van der Waals surface area (Å²) in [5.74, 6) is 1.17. The van der Waals surface area contributed by atoms with E-state index in [-0.39, 0.29) is 5.70 Å². The Labute approximate surface area is 140 Å². The average molecular weight is 323 g/mol. The number of esters is 1. The molecule has 0 aromatic heterocycles. The predicted octanol–water partition coefficient (Wildman–Crippen LogP) is 3.24. The minimum absolute atomic E-state index is 0.271. The summed E-state index contributed by atoms with van der Waals surface area (Å²) in [7, 11) is 3.14. The molecule has 0 fully saturated rings. The van der Waals surface area contributed by atoms with Crippen LogP contribution in [0.1, 0.15) is 11.1 Å². The third-order valence-corrected chi connectivity index (χ3v) is 3.57. The van der Waals surface area contributed by atoms with Gasteiger partial charge < -0.3 is 14.2 Å². The molecule has 1 aliphatic heterocycles. The molecule has 122 valence electrons. The Balaban J connectivity index is 1.83. The molecule has 24 heavy (non-hydrogen) atoms. The number of methoxy groups -OCH3 is 2. The van der Waals surface area contributed by atoms with E-state index in [4.69, 9.17) is 14.2 Å². The van der Waals surface area contributed by atoms with Crippen LogP contribution >= 0.6 is 0 Å². The Morgan fingerprint density at radius 3 is 2.50 bits per heavy atom. The minimum Gasteiger partial charge on any atom is -0.493 e. The SMILES string of the molecule is COc1ccc(/C=C2/N=C(Cc3ccccc3)OC2=O)cc1OC. The van der Waals surface area contributed by atoms with Crippen LogP contribution in [0.25, 0.3) is 6.08 Å². The summed E-state index contributed by atoms with van der Waals surface area (Å²) < 4.78 is 15.7. The molecule has 1 aliphatic rings. The summed E-state index contributed by atoms with van der Waals surface area (Å²) >= 11 is 0. The Morgan fingerprint density at radius 2 is 1.79 bits per heavy atom. The van der Waals surface area contributed by atoms with Crippen molar-refractivity contribution in [1.82, 2.24) is 0 Å². The van der Waals surface area contributed by atoms with Crippen molar-refractivity contribution in [2.75, 3.05) is 14.2 Å². The maximum absolute atomic E-state index is 12.0. The standard InChI is InChI=1S/C19H17NO4/c1-22-16-9-8-14(11-17(16)23-2)10-15-19(21)24-18(20-15)12-13-6-4-3-5-7-13/h3-11H,12H2,1-2H3/b15-10+. The van der Waals surface area contributed by atoms with Gasteiger partial charge in [-0.25, -0.2) is 9.79 Å². The Bertz CT molecular complexity index is 809. The molecule has 0 spiro atoms. The van der Waals surface area contributed by atoms with Gasteiger partial charge in [0.1, 0.15) is 0 Å². The van der Waals surface area contributed by atoms with Gasteiger partial charge in [-0.15, -0.1) is 0 Å². The molecule has 0 bridgehead atoms. The summed E-state index contributed by atoms with van der Waals surface area (Å²) in [5.41, 5.74) is 2.09. The summed E-state index contributed by atoms with van der Waals surface area (Å²) in [5, 5.41) is 0. The van der Waals surface area contributed by atoms with Crippen molar-refractivity contribution in [2.24, 2.45) is 4.99 Å². The largest absolute Gasteiger partial charge is 0.493 e. The van der Waals surface area contributed by atoms with Crippen molar-refractivity contribution in [2.45, 2.75) is 6.42 Å². The third kappa shape index (κ3) is 3.46. The van der Waals surface area contributed by atoms with E-state index in [1.165, 1.54) is 0 Å². The third-order valence-electron chi connectivity index (χ3n) is 3.57. The molecule has 0 unspecified atom stereocenters. The van der Waals surface area contributed by atoms with Crippen LogP contribution in [0.4, 0.5) is 0 Å². The van der Waals surface area contributed by atoms with Gasteiger partial charge in [-0.3, -0.25) is 0 Å². The quantitative estimate of drug-likeness (QED) is 0.626. The van der Waals surface area contributed by atoms with Crippen LogP contribution in [-0.4, -0.2) is 26.1 Å². The lowest BCUT2D eigenvalue weighted by Crippen LogP contribution is -2.06. The van der Waals surface area contributed by atoms with Crippen molar-refractivity contribution in [3.05, 3.63) is 65.4 Å². The van der Waals surface area contributed by atoms with Crippen molar-refractivity contribution >= 4 is 17.9 Å². The molecule has 0 saturated heterocycles. The van der Waals surface area contributed by atoms with Gasteiger partial charge in [0.15, 0.2) is 17.2 Å². The zero-order valence-corrected chi connectivity index (χ0v) is 13.5. The monoisotopic (exact) mass is 323 g/mol. The fraction of sp³-hybridized carbons (Fsp3) is 0.158. The van der Waals surface area contributed by atoms with E-state index in [1.54, 1.807) is 32.4 Å². The van der Waals surface area contributed by atoms with E-state index < -0.39 is 5.97 Å². The maximum Gasteiger partial charge on any atom is 0.363 e. The molecule has 2 aromatic rings. The number of carbonyl (C=O) groups excluding carboxylic acids is 1. The summed E-state index contributed by atoms with van der Waals surface area (Å²) in [4.78, 5) is 16.3. The summed E-state index contributed by atoms with van der Waals surface area (Å²) in [6, 6.07) is 15.1. The predicted molar refractivity (Wildman–Crippen MR) is 91.2 cm³/mol. The van der Waals surface area contributed by atoms with Crippen molar-refractivity contribution in [3.63, 3.8) is 0 Å². The van der Waals surface area contributed by atoms with Crippen molar-refractivity contribution in [1.29, 1.82) is 0 Å². The smallest absolute Gasteiger partial charge is 0.363 e. The molecular formula is C19H17NO4. The number of aliphatic imine (C=N–C) groups is 1. The highest BCUT2D eigenvalue weighted by molar-refractivity contribution is 6.07. The fourth-order valence-corrected chi connectivity index (χ4v) is 2.40. The highest BCUT2D eigenvalue weighted by Crippen LogP contribution is 2.29. The van der Waals surface area contributed by atoms with E-state index in [2.05, 4.69) is 4.99 Å². The highest BCUT2D eigenvalue weighted by Gasteiger charge is 2.23. The summed E-state index contributed by atoms with van der Waals surface area (Å²) in [6.07, 6.45) is 2.15. The Hall–Kier alpha value is -3.08. The van der Waals surface area contributed by atoms with E-state index >= 15 is 0 Å². The van der Waals surface area contributed by atoms with Crippen LogP contribution in [0, 0.1) is 0 Å². The number of hydrogen-bond donors (Lipinski definition) is 0. The van der Waals surface area contributed by atoms with E-state index in [0.29, 0.717) is 23.8 Å². The number of hydrogen-bond acceptors (Lipinski definition) is 5. The second kappa shape index (κ2) is 7.00. The Kier molecular flexibility index (Phi) is 4.61. The van der Waals surface area contributed by atoms with E-state index in [9.17, 15) is 4.79 Å². The zero-order chi connectivity index (χ0) is 16.9. The van der Waals surface area contributed by atoms with Gasteiger partial charge in [0.05, 0.1) is 14.2 Å². The van der Waals surface area contributed by atoms with E-state index in [0.717, 1.165) is 11.1 Å². The van der Waals surface area contributed by atoms with Crippen LogP contribution in [-0.2, 0) is 16.0 Å². The lowest BCUT2D eigenvalue weighted by molar-refractivity contribution is -0.130. The number of cyclic esters (lactones) is 1. The van der Waals surface area contributed by atoms with Crippen LogP contribution in [0.5, 0.6) is 11.5 Å². The minimum atomic E-state index is -0.448. The molecule has 5 nitrogen and oxygen atoms in total. The molecule has 2 aromatic carbocycles. The fourth-order valence-electron chi connectivity index (χ4n) is 2.40. The Morgan fingerprint density at radius 1 is 1.04 bits per heavy atom. The van der Waals surface area contributed by atoms with Gasteiger partial charge in [-0.2, -0.15) is 0 Å². The molecule has 0 atom stereocenters. The molecule has 5 heteroatoms. The van der Waals surface area contributed by atoms with Gasteiger partial charge in [-0.05, 0) is 29.3 Å². The topological polar surface area (TPSA) is 57.1 Å². The molecule has 0 radical (unpaired) electrons. The van der Waals surface area contributed by atoms with Crippen LogP contribution in [0.15, 0.2) is 59.2 Å². The average Bonchev–Trinajstić information content (AvgIpc) is 2.94. The van der Waals surface area contributed by atoms with E-state index in [1.807, 2.05) is 36.4 Å². The molecule has 0 amide bonds. The first kappa shape index (κ1) is 15.8. The van der Waals surface area contributed by atoms with Crippen LogP contribution in [0.3, 0.4) is 0 Å². The zero-order valence-electron chi connectivity index (χ0n) is 13.5. The number of benzene rings is 2. The summed E-state index contributed by atoms with van der Waals surface area (Å²) in [6.45, 7) is 0.